The maximum absolute atomic E-state index is 16.3. The smallest absolute Gasteiger partial charge is 0.151 e. The van der Waals surface area contributed by atoms with Crippen LogP contribution in [0.2, 0.25) is 0 Å². The molecule has 1 aromatic rings. The number of hydrogen-bond donors (Lipinski definition) is 2. The van der Waals surface area contributed by atoms with Gasteiger partial charge in [0, 0.05) is 10.8 Å². The van der Waals surface area contributed by atoms with Crippen molar-refractivity contribution in [3.8, 4) is 0 Å². The second-order valence-corrected chi connectivity index (χ2v) is 11.8. The van der Waals surface area contributed by atoms with Crippen molar-refractivity contribution in [1.82, 2.24) is 4.72 Å². The maximum Gasteiger partial charge on any atom is 0.151 e. The number of benzene rings is 1. The lowest BCUT2D eigenvalue weighted by Crippen LogP contribution is -2.57. The molecule has 5 heteroatoms. The van der Waals surface area contributed by atoms with Crippen molar-refractivity contribution < 1.29 is 14.3 Å². The van der Waals surface area contributed by atoms with E-state index in [-0.39, 0.29) is 29.3 Å². The quantitative estimate of drug-likeness (QED) is 0.582. The van der Waals surface area contributed by atoms with Gasteiger partial charge in [-0.25, -0.2) is 4.39 Å². The lowest BCUT2D eigenvalue weighted by molar-refractivity contribution is -0.151. The average molecular weight is 446 g/mol. The molecule has 4 aliphatic rings. The summed E-state index contributed by atoms with van der Waals surface area (Å²) < 4.78 is 19.6. The predicted octanol–water partition coefficient (Wildman–Crippen LogP) is 5.57. The van der Waals surface area contributed by atoms with Gasteiger partial charge in [0.05, 0.1) is 12.6 Å². The fourth-order valence-corrected chi connectivity index (χ4v) is 8.77. The van der Waals surface area contributed by atoms with E-state index in [2.05, 4.69) is 11.6 Å². The molecule has 0 aliphatic heterocycles. The number of carbonyl (C=O) groups excluding carboxylic acids is 1. The molecule has 0 spiro atoms. The molecular weight excluding hydrogens is 409 g/mol. The van der Waals surface area contributed by atoms with E-state index in [1.165, 1.54) is 11.9 Å². The van der Waals surface area contributed by atoms with E-state index in [0.29, 0.717) is 43.4 Å². The average Bonchev–Trinajstić information content (AvgIpc) is 3.12. The zero-order valence-electron chi connectivity index (χ0n) is 18.6. The number of aliphatic hydroxyl groups excluding tert-OH is 1. The molecule has 0 saturated heterocycles. The van der Waals surface area contributed by atoms with Crippen molar-refractivity contribution in [2.24, 2.45) is 35.0 Å². The van der Waals surface area contributed by atoms with Crippen LogP contribution in [0.25, 0.3) is 0 Å². The highest BCUT2D eigenvalue weighted by molar-refractivity contribution is 7.97. The summed E-state index contributed by atoms with van der Waals surface area (Å²) in [7, 11) is 0. The number of ketones is 1. The van der Waals surface area contributed by atoms with Crippen LogP contribution < -0.4 is 4.72 Å². The Kier molecular flexibility index (Phi) is 5.98. The van der Waals surface area contributed by atoms with Gasteiger partial charge >= 0.3 is 0 Å². The van der Waals surface area contributed by atoms with E-state index in [0.717, 1.165) is 43.4 Å². The van der Waals surface area contributed by atoms with E-state index >= 15 is 4.39 Å². The molecule has 0 bridgehead atoms. The van der Waals surface area contributed by atoms with Gasteiger partial charge in [0.2, 0.25) is 0 Å². The Morgan fingerprint density at radius 2 is 1.90 bits per heavy atom. The van der Waals surface area contributed by atoms with Crippen molar-refractivity contribution in [3.63, 3.8) is 0 Å². The molecule has 0 heterocycles. The maximum atomic E-state index is 16.3. The Labute approximate surface area is 190 Å². The summed E-state index contributed by atoms with van der Waals surface area (Å²) >= 11 is 1.53. The molecule has 0 aromatic heterocycles. The largest absolute Gasteiger partial charge is 0.393 e. The lowest BCUT2D eigenvalue weighted by Gasteiger charge is -2.58. The summed E-state index contributed by atoms with van der Waals surface area (Å²) in [5.74, 6) is 1.50. The van der Waals surface area contributed by atoms with Crippen molar-refractivity contribution >= 4 is 17.7 Å². The van der Waals surface area contributed by atoms with Crippen molar-refractivity contribution in [3.05, 3.63) is 30.3 Å². The standard InChI is InChI=1S/C26H36FNO2S/c1-25-13-12-22-20(8-7-17-15-18(29)11-14-26(17,22)27)21(25)9-10-23(25)24(30)16-28-31-19-5-3-2-4-6-19/h2-6,17-18,20-23,28-29H,7-16H2,1H3. The topological polar surface area (TPSA) is 49.3 Å². The Morgan fingerprint density at radius 1 is 1.10 bits per heavy atom. The van der Waals surface area contributed by atoms with Gasteiger partial charge in [-0.3, -0.25) is 9.52 Å². The summed E-state index contributed by atoms with van der Waals surface area (Å²) in [6.45, 7) is 2.73. The molecule has 4 aliphatic carbocycles. The van der Waals surface area contributed by atoms with E-state index in [1.807, 2.05) is 30.3 Å². The molecule has 3 nitrogen and oxygen atoms in total. The van der Waals surface area contributed by atoms with Gasteiger partial charge in [0.1, 0.15) is 5.67 Å². The summed E-state index contributed by atoms with van der Waals surface area (Å²) in [6, 6.07) is 10.1. The van der Waals surface area contributed by atoms with Crippen molar-refractivity contribution in [2.75, 3.05) is 6.54 Å². The molecule has 2 N–H and O–H groups in total. The summed E-state index contributed by atoms with van der Waals surface area (Å²) in [5.41, 5.74) is -1.06. The number of fused-ring (bicyclic) bond motifs is 5. The number of carbonyl (C=O) groups is 1. The highest BCUT2D eigenvalue weighted by atomic mass is 32.2. The molecule has 8 unspecified atom stereocenters. The van der Waals surface area contributed by atoms with Crippen LogP contribution >= 0.6 is 11.9 Å². The van der Waals surface area contributed by atoms with E-state index in [4.69, 9.17) is 0 Å². The van der Waals surface area contributed by atoms with Gasteiger partial charge < -0.3 is 5.11 Å². The molecule has 4 saturated carbocycles. The van der Waals surface area contributed by atoms with E-state index in [9.17, 15) is 9.90 Å². The number of hydrogen-bond acceptors (Lipinski definition) is 4. The second-order valence-electron chi connectivity index (χ2n) is 10.9. The third kappa shape index (κ3) is 3.79. The molecule has 0 radical (unpaired) electrons. The third-order valence-electron chi connectivity index (χ3n) is 9.57. The Hall–Kier alpha value is -0.910. The first-order valence-electron chi connectivity index (χ1n) is 12.3. The van der Waals surface area contributed by atoms with Crippen molar-refractivity contribution in [2.45, 2.75) is 81.4 Å². The van der Waals surface area contributed by atoms with Crippen LogP contribution in [0.3, 0.4) is 0 Å². The molecule has 5 rings (SSSR count). The van der Waals surface area contributed by atoms with Crippen LogP contribution in [0.4, 0.5) is 4.39 Å². The molecule has 4 fully saturated rings. The summed E-state index contributed by atoms with van der Waals surface area (Å²) in [4.78, 5) is 14.3. The van der Waals surface area contributed by atoms with Crippen LogP contribution in [0.5, 0.6) is 0 Å². The van der Waals surface area contributed by atoms with Gasteiger partial charge in [-0.05, 0) is 111 Å². The number of Topliss-reactive ketones (excluding diaryl/α,β-unsaturated/α-hetero) is 1. The zero-order valence-corrected chi connectivity index (χ0v) is 19.4. The van der Waals surface area contributed by atoms with Crippen LogP contribution in [-0.4, -0.2) is 29.2 Å². The minimum Gasteiger partial charge on any atom is -0.393 e. The Bertz CT molecular complexity index is 806. The van der Waals surface area contributed by atoms with Gasteiger partial charge in [-0.2, -0.15) is 0 Å². The molecule has 0 amide bonds. The van der Waals surface area contributed by atoms with Gasteiger partial charge in [0.15, 0.2) is 5.78 Å². The van der Waals surface area contributed by atoms with Crippen LogP contribution in [0.15, 0.2) is 35.2 Å². The second kappa shape index (κ2) is 8.46. The number of halogens is 1. The first-order chi connectivity index (χ1) is 14.9. The molecule has 31 heavy (non-hydrogen) atoms. The highest BCUT2D eigenvalue weighted by Gasteiger charge is 2.62. The van der Waals surface area contributed by atoms with Gasteiger partial charge in [-0.1, -0.05) is 25.1 Å². The monoisotopic (exact) mass is 445 g/mol. The minimum absolute atomic E-state index is 0.0225. The SMILES string of the molecule is CC12CCC3C(CCC4CC(O)CCC43F)C1CCC2C(=O)CNSc1ccccc1. The molecule has 170 valence electrons. The minimum atomic E-state index is -1.08. The molecule has 1 aromatic carbocycles. The Balaban J connectivity index is 1.25. The van der Waals surface area contributed by atoms with Gasteiger partial charge in [-0.15, -0.1) is 0 Å². The first-order valence-corrected chi connectivity index (χ1v) is 13.1. The number of aliphatic hydroxyl groups is 1. The third-order valence-corrected chi connectivity index (χ3v) is 10.4. The first kappa shape index (κ1) is 21.9. The van der Waals surface area contributed by atoms with Gasteiger partial charge in [0.25, 0.3) is 0 Å². The van der Waals surface area contributed by atoms with Crippen LogP contribution in [-0.2, 0) is 4.79 Å². The summed E-state index contributed by atoms with van der Waals surface area (Å²) in [6.07, 6.45) is 7.40. The number of nitrogens with one attached hydrogen (secondary N) is 1. The summed E-state index contributed by atoms with van der Waals surface area (Å²) in [5, 5.41) is 10.1. The van der Waals surface area contributed by atoms with E-state index in [1.54, 1.807) is 0 Å². The van der Waals surface area contributed by atoms with E-state index < -0.39 is 5.67 Å². The van der Waals surface area contributed by atoms with Crippen LogP contribution in [0.1, 0.15) is 64.7 Å². The lowest BCUT2D eigenvalue weighted by atomic mass is 9.48. The highest BCUT2D eigenvalue weighted by Crippen LogP contribution is 2.66. The molecule has 8 atom stereocenters. The normalized spacial score (nSPS) is 44.2. The Morgan fingerprint density at radius 3 is 2.71 bits per heavy atom. The zero-order chi connectivity index (χ0) is 21.6. The predicted molar refractivity (Wildman–Crippen MR) is 122 cm³/mol. The fourth-order valence-electron chi connectivity index (χ4n) is 8.09. The number of alkyl halides is 1. The number of rotatable bonds is 5. The van der Waals surface area contributed by atoms with Crippen molar-refractivity contribution in [1.29, 1.82) is 0 Å². The fraction of sp³-hybridized carbons (Fsp3) is 0.731. The van der Waals surface area contributed by atoms with Crippen LogP contribution in [0, 0.1) is 35.0 Å². The molecular formula is C26H36FNO2S.